The highest BCUT2D eigenvalue weighted by Gasteiger charge is 2.16. The van der Waals surface area contributed by atoms with Gasteiger partial charge in [-0.15, -0.1) is 34.0 Å². The molecule has 0 aromatic carbocycles. The predicted octanol–water partition coefficient (Wildman–Crippen LogP) is 14.1. The van der Waals surface area contributed by atoms with Crippen LogP contribution in [0.4, 0.5) is 0 Å². The molecule has 0 aliphatic heterocycles. The number of aryl methyl sites for hydroxylation is 1. The minimum atomic E-state index is 1.27. The van der Waals surface area contributed by atoms with Gasteiger partial charge in [0.2, 0.25) is 0 Å². The van der Waals surface area contributed by atoms with Crippen LogP contribution in [0.25, 0.3) is 19.5 Å². The van der Waals surface area contributed by atoms with E-state index in [0.717, 1.165) is 0 Å². The molecule has 0 unspecified atom stereocenters. The van der Waals surface area contributed by atoms with Crippen molar-refractivity contribution >= 4 is 34.0 Å². The summed E-state index contributed by atoms with van der Waals surface area (Å²) >= 11 is 5.87. The largest absolute Gasteiger partial charge is 0.143 e. The van der Waals surface area contributed by atoms with Crippen LogP contribution in [0.5, 0.6) is 0 Å². The molecule has 0 N–H and O–H groups in total. The van der Waals surface area contributed by atoms with E-state index in [1.54, 1.807) is 16.0 Å². The van der Waals surface area contributed by atoms with Crippen LogP contribution in [0.2, 0.25) is 0 Å². The van der Waals surface area contributed by atoms with Crippen molar-refractivity contribution in [1.29, 1.82) is 0 Å². The standard InChI is InChI=1S/C36H56S3/c1-3-5-7-9-11-13-15-17-19-21-24-31-30-38-36(35-28-27-34(39-35)33-26-23-29-37-33)32(31)25-22-20-18-16-14-12-10-8-6-4-2/h23,26-30H,3-22,24-25H2,1-2H3. The van der Waals surface area contributed by atoms with Gasteiger partial charge in [-0.1, -0.05) is 135 Å². The van der Waals surface area contributed by atoms with Crippen molar-refractivity contribution in [3.8, 4) is 19.5 Å². The Bertz CT molecular complexity index is 962. The molecular weight excluding hydrogens is 529 g/mol. The van der Waals surface area contributed by atoms with E-state index in [2.05, 4.69) is 48.9 Å². The summed E-state index contributed by atoms with van der Waals surface area (Å²) in [6, 6.07) is 9.16. The first-order chi connectivity index (χ1) is 19.3. The molecule has 0 aliphatic rings. The molecule has 0 atom stereocenters. The molecular formula is C36H56S3. The number of unbranched alkanes of at least 4 members (excludes halogenated alkanes) is 18. The van der Waals surface area contributed by atoms with E-state index in [-0.39, 0.29) is 0 Å². The van der Waals surface area contributed by atoms with Gasteiger partial charge in [0.05, 0.1) is 0 Å². The van der Waals surface area contributed by atoms with E-state index in [1.165, 1.54) is 156 Å². The number of thiophene rings is 3. The molecule has 0 nitrogen and oxygen atoms in total. The highest BCUT2D eigenvalue weighted by molar-refractivity contribution is 7.25. The summed E-state index contributed by atoms with van der Waals surface area (Å²) in [5.41, 5.74) is 3.35. The molecule has 3 heteroatoms. The maximum Gasteiger partial charge on any atom is 0.0477 e. The maximum atomic E-state index is 2.51. The number of hydrogen-bond acceptors (Lipinski definition) is 3. The van der Waals surface area contributed by atoms with Crippen LogP contribution in [0, 0.1) is 0 Å². The summed E-state index contributed by atoms with van der Waals surface area (Å²) in [6.45, 7) is 4.62. The van der Waals surface area contributed by atoms with Gasteiger partial charge in [-0.3, -0.25) is 0 Å². The van der Waals surface area contributed by atoms with E-state index in [9.17, 15) is 0 Å². The minimum Gasteiger partial charge on any atom is -0.143 e. The quantitative estimate of drug-likeness (QED) is 0.0918. The molecule has 0 saturated heterocycles. The summed E-state index contributed by atoms with van der Waals surface area (Å²) in [6.07, 6.45) is 30.9. The van der Waals surface area contributed by atoms with Crippen LogP contribution in [-0.2, 0) is 12.8 Å². The summed E-state index contributed by atoms with van der Waals surface area (Å²) in [7, 11) is 0. The molecule has 0 radical (unpaired) electrons. The average molecular weight is 585 g/mol. The lowest BCUT2D eigenvalue weighted by molar-refractivity contribution is 0.553. The van der Waals surface area contributed by atoms with Crippen LogP contribution in [0.3, 0.4) is 0 Å². The van der Waals surface area contributed by atoms with E-state index >= 15 is 0 Å². The Hall–Kier alpha value is -0.900. The first-order valence-electron chi connectivity index (χ1n) is 16.6. The Labute approximate surface area is 253 Å². The fourth-order valence-electron chi connectivity index (χ4n) is 5.71. The van der Waals surface area contributed by atoms with E-state index in [0.29, 0.717) is 0 Å². The van der Waals surface area contributed by atoms with Crippen LogP contribution < -0.4 is 0 Å². The zero-order valence-electron chi connectivity index (χ0n) is 25.2. The highest BCUT2D eigenvalue weighted by Crippen LogP contribution is 2.42. The van der Waals surface area contributed by atoms with Crippen molar-refractivity contribution in [3.05, 3.63) is 46.2 Å². The smallest absolute Gasteiger partial charge is 0.0477 e. The molecule has 0 aliphatic carbocycles. The van der Waals surface area contributed by atoms with E-state index < -0.39 is 0 Å². The molecule has 3 heterocycles. The average Bonchev–Trinajstić information content (AvgIpc) is 3.72. The SMILES string of the molecule is CCCCCCCCCCCCc1csc(-c2ccc(-c3cccs3)s2)c1CCCCCCCCCCCC. The van der Waals surface area contributed by atoms with Crippen molar-refractivity contribution in [2.45, 2.75) is 155 Å². The number of rotatable bonds is 24. The molecule has 3 aromatic heterocycles. The predicted molar refractivity (Wildman–Crippen MR) is 182 cm³/mol. The van der Waals surface area contributed by atoms with Gasteiger partial charge in [0.1, 0.15) is 0 Å². The topological polar surface area (TPSA) is 0 Å². The Morgan fingerprint density at radius 1 is 0.487 bits per heavy atom. The lowest BCUT2D eigenvalue weighted by Gasteiger charge is -2.08. The van der Waals surface area contributed by atoms with Crippen LogP contribution in [0.1, 0.15) is 153 Å². The molecule has 0 saturated carbocycles. The highest BCUT2D eigenvalue weighted by atomic mass is 32.1. The Balaban J connectivity index is 1.46. The third-order valence-electron chi connectivity index (χ3n) is 8.15. The third kappa shape index (κ3) is 12.7. The van der Waals surface area contributed by atoms with Crippen molar-refractivity contribution in [1.82, 2.24) is 0 Å². The second-order valence-electron chi connectivity index (χ2n) is 11.6. The van der Waals surface area contributed by atoms with E-state index in [1.807, 2.05) is 34.0 Å². The maximum absolute atomic E-state index is 2.51. The van der Waals surface area contributed by atoms with Crippen molar-refractivity contribution in [2.75, 3.05) is 0 Å². The normalized spacial score (nSPS) is 11.5. The first-order valence-corrected chi connectivity index (χ1v) is 19.1. The zero-order valence-corrected chi connectivity index (χ0v) is 27.7. The molecule has 3 aromatic rings. The van der Waals surface area contributed by atoms with Crippen LogP contribution in [-0.4, -0.2) is 0 Å². The van der Waals surface area contributed by atoms with Crippen molar-refractivity contribution in [3.63, 3.8) is 0 Å². The Kier molecular flexibility index (Phi) is 17.5. The molecule has 3 rings (SSSR count). The lowest BCUT2D eigenvalue weighted by Crippen LogP contribution is -1.94. The molecule has 39 heavy (non-hydrogen) atoms. The molecule has 0 bridgehead atoms. The monoisotopic (exact) mass is 584 g/mol. The van der Waals surface area contributed by atoms with Crippen molar-refractivity contribution < 1.29 is 0 Å². The fraction of sp³-hybridized carbons (Fsp3) is 0.667. The van der Waals surface area contributed by atoms with Crippen molar-refractivity contribution in [2.24, 2.45) is 0 Å². The Morgan fingerprint density at radius 2 is 1.00 bits per heavy atom. The summed E-state index contributed by atoms with van der Waals surface area (Å²) in [5, 5.41) is 4.71. The Morgan fingerprint density at radius 3 is 1.54 bits per heavy atom. The van der Waals surface area contributed by atoms with Gasteiger partial charge in [0, 0.05) is 19.5 Å². The van der Waals surface area contributed by atoms with Gasteiger partial charge >= 0.3 is 0 Å². The second kappa shape index (κ2) is 20.9. The van der Waals surface area contributed by atoms with Crippen LogP contribution in [0.15, 0.2) is 35.0 Å². The zero-order chi connectivity index (χ0) is 27.4. The summed E-state index contributed by atoms with van der Waals surface area (Å²) in [4.78, 5) is 5.89. The van der Waals surface area contributed by atoms with Gasteiger partial charge in [-0.05, 0) is 65.8 Å². The summed E-state index contributed by atoms with van der Waals surface area (Å²) < 4.78 is 0. The van der Waals surface area contributed by atoms with Gasteiger partial charge in [0.25, 0.3) is 0 Å². The molecule has 218 valence electrons. The molecule has 0 amide bonds. The third-order valence-corrected chi connectivity index (χ3v) is 11.6. The van der Waals surface area contributed by atoms with Gasteiger partial charge in [-0.25, -0.2) is 0 Å². The van der Waals surface area contributed by atoms with Gasteiger partial charge < -0.3 is 0 Å². The summed E-state index contributed by atoms with van der Waals surface area (Å²) in [5.74, 6) is 0. The minimum absolute atomic E-state index is 1.27. The fourth-order valence-corrected chi connectivity index (χ4v) is 8.87. The molecule has 0 spiro atoms. The first kappa shape index (κ1) is 32.6. The lowest BCUT2D eigenvalue weighted by atomic mass is 9.97. The molecule has 0 fully saturated rings. The van der Waals surface area contributed by atoms with Crippen LogP contribution >= 0.6 is 34.0 Å². The van der Waals surface area contributed by atoms with Gasteiger partial charge in [0.15, 0.2) is 0 Å². The second-order valence-corrected chi connectivity index (χ2v) is 14.5. The van der Waals surface area contributed by atoms with E-state index in [4.69, 9.17) is 0 Å². The number of hydrogen-bond donors (Lipinski definition) is 0. The van der Waals surface area contributed by atoms with Gasteiger partial charge in [-0.2, -0.15) is 0 Å².